The summed E-state index contributed by atoms with van der Waals surface area (Å²) in [6.45, 7) is 46.3. The highest BCUT2D eigenvalue weighted by atomic mass is 32.2. The van der Waals surface area contributed by atoms with E-state index < -0.39 is 11.8 Å². The summed E-state index contributed by atoms with van der Waals surface area (Å²) < 4.78 is 14.9. The van der Waals surface area contributed by atoms with Crippen LogP contribution in [0.2, 0.25) is 0 Å². The average molecular weight is 906 g/mol. The second-order valence-corrected chi connectivity index (χ2v) is 18.6. The quantitative estimate of drug-likeness (QED) is 0.0467. The molecule has 12 nitrogen and oxygen atoms in total. The van der Waals surface area contributed by atoms with Crippen LogP contribution in [-0.2, 0) is 28.6 Å². The van der Waals surface area contributed by atoms with Crippen molar-refractivity contribution in [3.63, 3.8) is 0 Å². The molecule has 0 aliphatic heterocycles. The smallest absolute Gasteiger partial charge is 0.331 e. The van der Waals surface area contributed by atoms with Crippen molar-refractivity contribution in [2.24, 2.45) is 44.6 Å². The number of ether oxygens (including phenoxy) is 3. The fourth-order valence-electron chi connectivity index (χ4n) is 4.84. The summed E-state index contributed by atoms with van der Waals surface area (Å²) in [5, 5.41) is 14.8. The van der Waals surface area contributed by atoms with Crippen LogP contribution in [-0.4, -0.2) is 117 Å². The van der Waals surface area contributed by atoms with Crippen LogP contribution < -0.4 is 10.6 Å². The lowest BCUT2D eigenvalue weighted by Gasteiger charge is -2.25. The summed E-state index contributed by atoms with van der Waals surface area (Å²) in [6.07, 6.45) is 2.18. The lowest BCUT2D eigenvalue weighted by molar-refractivity contribution is -0.215. The van der Waals surface area contributed by atoms with Gasteiger partial charge in [-0.05, 0) is 83.3 Å². The molecule has 0 saturated carbocycles. The topological polar surface area (TPSA) is 160 Å². The lowest BCUT2D eigenvalue weighted by atomic mass is 9.97. The zero-order chi connectivity index (χ0) is 49.5. The molecule has 13 heteroatoms. The van der Waals surface area contributed by atoms with Gasteiger partial charge in [-0.2, -0.15) is 11.8 Å². The zero-order valence-electron chi connectivity index (χ0n) is 44.1. The van der Waals surface area contributed by atoms with Crippen LogP contribution in [0.15, 0.2) is 26.6 Å². The standard InChI is InChI=1S/C10H18N2O3.C9H19N.C8H17N.C7H15N.C7H14O2S.C7H16O2.CH4/c1-7(2)12-5-4-8(10(14)15)6-9(13)11-3;1-6-10-9(7(2)3)8(4)5;1-6(2)8(9-5)7(3)4;1-5-8-7(4)6(2)3;1-6(2)10-5-4-7(8)9-3;1-6(2)9-7(3,4)8-5;/h4,7,12H,5-6H2,1-3H3,(H,11,13)(H,14,15);7-8H,6H2,1-5H3;6-7H,1-5H3;6H,5H2,1-4H3;6H,4-5H2,1-3H3;6H,1-5H3;1H4/b8-4+;;;;;;. The Kier molecular flexibility index (Phi) is 55.2. The molecule has 0 saturated heterocycles. The van der Waals surface area contributed by atoms with Crippen LogP contribution in [0.3, 0.4) is 0 Å². The molecule has 372 valence electrons. The van der Waals surface area contributed by atoms with E-state index in [4.69, 9.17) is 14.6 Å². The number of thioether (sulfide) groups is 1. The fraction of sp³-hybridized carbons (Fsp3) is 0.837. The van der Waals surface area contributed by atoms with Crippen molar-refractivity contribution in [2.75, 3.05) is 53.7 Å². The average Bonchev–Trinajstić information content (AvgIpc) is 3.13. The molecule has 0 rings (SSSR count). The van der Waals surface area contributed by atoms with Crippen LogP contribution >= 0.6 is 11.8 Å². The number of nitrogens with zero attached hydrogens (tertiary/aromatic N) is 3. The summed E-state index contributed by atoms with van der Waals surface area (Å²) in [5.74, 6) is 2.02. The second-order valence-electron chi connectivity index (χ2n) is 16.9. The monoisotopic (exact) mass is 906 g/mol. The first kappa shape index (κ1) is 73.8. The lowest BCUT2D eigenvalue weighted by Crippen LogP contribution is -2.29. The van der Waals surface area contributed by atoms with Gasteiger partial charge in [0.25, 0.3) is 0 Å². The normalized spacial score (nSPS) is 11.2. The number of carboxylic acid groups (broad SMARTS) is 1. The molecule has 0 aromatic heterocycles. The number of amides is 1. The third kappa shape index (κ3) is 55.4. The van der Waals surface area contributed by atoms with Gasteiger partial charge >= 0.3 is 11.9 Å². The van der Waals surface area contributed by atoms with E-state index in [9.17, 15) is 14.4 Å². The summed E-state index contributed by atoms with van der Waals surface area (Å²) in [7, 11) is 6.41. The van der Waals surface area contributed by atoms with E-state index in [0.29, 0.717) is 47.8 Å². The molecule has 62 heavy (non-hydrogen) atoms. The molecule has 3 N–H and O–H groups in total. The number of methoxy groups -OCH3 is 2. The molecule has 0 unspecified atom stereocenters. The summed E-state index contributed by atoms with van der Waals surface area (Å²) in [4.78, 5) is 45.2. The number of nitrogens with one attached hydrogen (secondary N) is 2. The van der Waals surface area contributed by atoms with Gasteiger partial charge in [-0.25, -0.2) is 4.79 Å². The van der Waals surface area contributed by atoms with Gasteiger partial charge in [-0.15, -0.1) is 0 Å². The molecule has 0 fully saturated rings. The van der Waals surface area contributed by atoms with Crippen LogP contribution in [0, 0.1) is 29.6 Å². The summed E-state index contributed by atoms with van der Waals surface area (Å²) in [6, 6.07) is 0.288. The van der Waals surface area contributed by atoms with Gasteiger partial charge in [0.1, 0.15) is 0 Å². The van der Waals surface area contributed by atoms with Gasteiger partial charge in [-0.3, -0.25) is 24.6 Å². The van der Waals surface area contributed by atoms with Gasteiger partial charge in [0.2, 0.25) is 5.91 Å². The highest BCUT2D eigenvalue weighted by molar-refractivity contribution is 7.99. The van der Waals surface area contributed by atoms with Crippen LogP contribution in [0.4, 0.5) is 0 Å². The fourth-order valence-corrected chi connectivity index (χ4v) is 5.60. The Bertz CT molecular complexity index is 1190. The Labute approximate surface area is 388 Å². The van der Waals surface area contributed by atoms with Crippen LogP contribution in [0.1, 0.15) is 166 Å². The number of hydrogen-bond donors (Lipinski definition) is 3. The Morgan fingerprint density at radius 2 is 1.21 bits per heavy atom. The van der Waals surface area contributed by atoms with Gasteiger partial charge in [-0.1, -0.05) is 110 Å². The Hall–Kier alpha value is -2.61. The Morgan fingerprint density at radius 1 is 0.758 bits per heavy atom. The van der Waals surface area contributed by atoms with Gasteiger partial charge in [0.05, 0.1) is 26.1 Å². The molecule has 0 aromatic carbocycles. The number of rotatable bonds is 20. The maximum atomic E-state index is 11.0. The van der Waals surface area contributed by atoms with Crippen molar-refractivity contribution in [1.29, 1.82) is 0 Å². The van der Waals surface area contributed by atoms with E-state index in [-0.39, 0.29) is 43.4 Å². The first-order chi connectivity index (χ1) is 28.0. The molecule has 0 spiro atoms. The van der Waals surface area contributed by atoms with Crippen molar-refractivity contribution >= 4 is 46.7 Å². The molecule has 0 bridgehead atoms. The number of carbonyl (C=O) groups excluding carboxylic acids is 2. The largest absolute Gasteiger partial charge is 0.478 e. The van der Waals surface area contributed by atoms with Crippen molar-refractivity contribution < 1.29 is 33.7 Å². The SMILES string of the molecule is C.CCN=C(C(C)C)C(C)C.CCN=C(C)C(C)C.CN=C(C(C)C)C(C)C.CNC(=O)C/C(=C\CNC(C)C)C(=O)O.COC(=O)CCSC(C)C.COC(C)(C)OC(C)C. The molecule has 1 amide bonds. The molecular weight excluding hydrogens is 803 g/mol. The predicted molar refractivity (Wildman–Crippen MR) is 275 cm³/mol. The number of aliphatic imine (C=N–C) groups is 3. The minimum Gasteiger partial charge on any atom is -0.478 e. The maximum Gasteiger partial charge on any atom is 0.331 e. The van der Waals surface area contributed by atoms with E-state index in [0.717, 1.165) is 18.8 Å². The van der Waals surface area contributed by atoms with Crippen molar-refractivity contribution in [3.05, 3.63) is 11.6 Å². The number of carboxylic acids is 1. The second kappa shape index (κ2) is 46.4. The minimum atomic E-state index is -1.05. The summed E-state index contributed by atoms with van der Waals surface area (Å²) >= 11 is 1.77. The third-order valence-electron chi connectivity index (χ3n) is 7.98. The van der Waals surface area contributed by atoms with Gasteiger partial charge in [0, 0.05) is 75.3 Å². The van der Waals surface area contributed by atoms with Crippen molar-refractivity contribution in [2.45, 2.75) is 189 Å². The predicted octanol–water partition coefficient (Wildman–Crippen LogP) is 11.5. The molecular formula is C49H103N5O7S. The zero-order valence-corrected chi connectivity index (χ0v) is 44.9. The number of hydrogen-bond acceptors (Lipinski definition) is 11. The Morgan fingerprint density at radius 3 is 1.42 bits per heavy atom. The summed E-state index contributed by atoms with van der Waals surface area (Å²) in [5.41, 5.74) is 4.03. The first-order valence-corrected chi connectivity index (χ1v) is 23.3. The number of esters is 1. The van der Waals surface area contributed by atoms with Gasteiger partial charge < -0.3 is 30.0 Å². The number of aliphatic carboxylic acids is 1. The number of carbonyl (C=O) groups is 3. The maximum absolute atomic E-state index is 11.0. The molecule has 0 radical (unpaired) electrons. The van der Waals surface area contributed by atoms with Gasteiger partial charge in [0.15, 0.2) is 5.79 Å². The van der Waals surface area contributed by atoms with E-state index in [1.807, 2.05) is 48.6 Å². The first-order valence-electron chi connectivity index (χ1n) is 22.3. The third-order valence-corrected chi connectivity index (χ3v) is 9.09. The highest BCUT2D eigenvalue weighted by Crippen LogP contribution is 2.12. The van der Waals surface area contributed by atoms with Crippen molar-refractivity contribution in [1.82, 2.24) is 10.6 Å². The molecule has 0 heterocycles. The highest BCUT2D eigenvalue weighted by Gasteiger charge is 2.17. The van der Waals surface area contributed by atoms with E-state index in [2.05, 4.69) is 134 Å². The van der Waals surface area contributed by atoms with E-state index >= 15 is 0 Å². The minimum absolute atomic E-state index is 0. The molecule has 0 aliphatic rings. The van der Waals surface area contributed by atoms with Crippen molar-refractivity contribution in [3.8, 4) is 0 Å². The molecule has 0 aromatic rings. The molecule has 0 aliphatic carbocycles. The van der Waals surface area contributed by atoms with Crippen LogP contribution in [0.25, 0.3) is 0 Å². The van der Waals surface area contributed by atoms with E-state index in [1.54, 1.807) is 18.9 Å². The molecule has 0 atom stereocenters. The van der Waals surface area contributed by atoms with Crippen LogP contribution in [0.5, 0.6) is 0 Å². The van der Waals surface area contributed by atoms with E-state index in [1.165, 1.54) is 37.4 Å². The Balaban J connectivity index is -0.000000118.